The van der Waals surface area contributed by atoms with Crippen molar-refractivity contribution in [2.24, 2.45) is 0 Å². The topological polar surface area (TPSA) is 92.0 Å². The second-order valence-corrected chi connectivity index (χ2v) is 6.13. The molecule has 27 heavy (non-hydrogen) atoms. The summed E-state index contributed by atoms with van der Waals surface area (Å²) in [6, 6.07) is 12.8. The first-order valence-corrected chi connectivity index (χ1v) is 8.52. The minimum Gasteiger partial charge on any atom is -0.462 e. The van der Waals surface area contributed by atoms with Gasteiger partial charge in [-0.05, 0) is 36.2 Å². The molecule has 0 bridgehead atoms. The van der Waals surface area contributed by atoms with Crippen LogP contribution in [0.15, 0.2) is 53.5 Å². The van der Waals surface area contributed by atoms with Crippen LogP contribution in [0.25, 0.3) is 32.9 Å². The molecule has 4 rings (SSSR count). The van der Waals surface area contributed by atoms with Gasteiger partial charge in [0.15, 0.2) is 0 Å². The van der Waals surface area contributed by atoms with E-state index in [2.05, 4.69) is 9.97 Å². The van der Waals surface area contributed by atoms with Gasteiger partial charge in [0.05, 0.1) is 12.2 Å². The van der Waals surface area contributed by atoms with Crippen LogP contribution >= 0.6 is 0 Å². The first-order valence-electron chi connectivity index (χ1n) is 8.52. The minimum absolute atomic E-state index is 0.246. The summed E-state index contributed by atoms with van der Waals surface area (Å²) in [6.45, 7) is 1.98. The molecule has 0 aliphatic rings. The zero-order valence-electron chi connectivity index (χ0n) is 14.5. The van der Waals surface area contributed by atoms with Crippen LogP contribution in [0.2, 0.25) is 0 Å². The lowest BCUT2D eigenvalue weighted by Gasteiger charge is -2.07. The monoisotopic (exact) mass is 360 g/mol. The molecule has 0 amide bonds. The molecule has 134 valence electrons. The fraction of sp³-hybridized carbons (Fsp3) is 0.0952. The average molecular weight is 360 g/mol. The summed E-state index contributed by atoms with van der Waals surface area (Å²) >= 11 is 0. The second kappa shape index (κ2) is 6.57. The normalized spacial score (nSPS) is 11.0. The Hall–Kier alpha value is -3.67. The SMILES string of the molecule is CCOC(=O)c1c[nH]c2c(=O)[nH]c3ccc(-c4cccc(C=O)c4)cc3c12. The predicted molar refractivity (Wildman–Crippen MR) is 103 cm³/mol. The molecule has 0 radical (unpaired) electrons. The van der Waals surface area contributed by atoms with Crippen molar-refractivity contribution in [3.05, 3.63) is 70.1 Å². The first-order chi connectivity index (χ1) is 13.1. The zero-order valence-corrected chi connectivity index (χ0v) is 14.5. The lowest BCUT2D eigenvalue weighted by molar-refractivity contribution is 0.0528. The number of H-pyrrole nitrogens is 2. The maximum atomic E-state index is 12.3. The molecule has 2 N–H and O–H groups in total. The van der Waals surface area contributed by atoms with E-state index in [-0.39, 0.29) is 12.2 Å². The quantitative estimate of drug-likeness (QED) is 0.429. The van der Waals surface area contributed by atoms with Gasteiger partial charge in [-0.15, -0.1) is 0 Å². The molecule has 4 aromatic rings. The van der Waals surface area contributed by atoms with E-state index in [0.29, 0.717) is 27.5 Å². The number of hydrogen-bond acceptors (Lipinski definition) is 4. The van der Waals surface area contributed by atoms with Crippen LogP contribution in [-0.4, -0.2) is 28.8 Å². The third-order valence-corrected chi connectivity index (χ3v) is 4.50. The number of nitrogens with one attached hydrogen (secondary N) is 2. The molecule has 2 aromatic heterocycles. The van der Waals surface area contributed by atoms with Crippen molar-refractivity contribution in [2.45, 2.75) is 6.92 Å². The van der Waals surface area contributed by atoms with E-state index >= 15 is 0 Å². The highest BCUT2D eigenvalue weighted by atomic mass is 16.5. The van der Waals surface area contributed by atoms with Gasteiger partial charge in [-0.2, -0.15) is 0 Å². The molecule has 0 saturated carbocycles. The van der Waals surface area contributed by atoms with Gasteiger partial charge >= 0.3 is 5.97 Å². The predicted octanol–water partition coefficient (Wildman–Crippen LogP) is 3.67. The minimum atomic E-state index is -0.482. The average Bonchev–Trinajstić information content (AvgIpc) is 3.14. The maximum absolute atomic E-state index is 12.3. The number of pyridine rings is 1. The molecule has 2 aromatic carbocycles. The number of aromatic nitrogens is 2. The first kappa shape index (κ1) is 16.8. The highest BCUT2D eigenvalue weighted by Crippen LogP contribution is 2.30. The van der Waals surface area contributed by atoms with Crippen LogP contribution in [0.4, 0.5) is 0 Å². The number of esters is 1. The van der Waals surface area contributed by atoms with Crippen LogP contribution in [-0.2, 0) is 4.74 Å². The summed E-state index contributed by atoms with van der Waals surface area (Å²) in [7, 11) is 0. The zero-order chi connectivity index (χ0) is 19.0. The van der Waals surface area contributed by atoms with Crippen molar-refractivity contribution in [2.75, 3.05) is 6.61 Å². The van der Waals surface area contributed by atoms with Crippen LogP contribution < -0.4 is 5.56 Å². The standard InChI is InChI=1S/C21H16N2O4/c1-2-27-21(26)16-10-22-19-18(16)15-9-14(6-7-17(15)23-20(19)25)13-5-3-4-12(8-13)11-24/h3-11,22H,2H2,1H3,(H,23,25). The van der Waals surface area contributed by atoms with Gasteiger partial charge in [-0.1, -0.05) is 24.3 Å². The summed E-state index contributed by atoms with van der Waals surface area (Å²) in [4.78, 5) is 41.4. The van der Waals surface area contributed by atoms with Crippen LogP contribution in [0.1, 0.15) is 27.6 Å². The second-order valence-electron chi connectivity index (χ2n) is 6.13. The largest absolute Gasteiger partial charge is 0.462 e. The number of carbonyl (C=O) groups excluding carboxylic acids is 2. The smallest absolute Gasteiger partial charge is 0.340 e. The third kappa shape index (κ3) is 2.81. The number of aromatic amines is 2. The number of fused-ring (bicyclic) bond motifs is 3. The summed E-state index contributed by atoms with van der Waals surface area (Å²) in [5.74, 6) is -0.482. The fourth-order valence-corrected chi connectivity index (χ4v) is 3.27. The molecule has 2 heterocycles. The molecule has 0 spiro atoms. The number of aldehydes is 1. The van der Waals surface area contributed by atoms with Gasteiger partial charge in [0, 0.05) is 28.0 Å². The Labute approximate surface area is 153 Å². The van der Waals surface area contributed by atoms with Crippen LogP contribution in [0.5, 0.6) is 0 Å². The highest BCUT2D eigenvalue weighted by Gasteiger charge is 2.18. The molecule has 0 aliphatic heterocycles. The van der Waals surface area contributed by atoms with Crippen molar-refractivity contribution in [3.63, 3.8) is 0 Å². The van der Waals surface area contributed by atoms with Crippen LogP contribution in [0, 0.1) is 0 Å². The van der Waals surface area contributed by atoms with E-state index in [1.54, 1.807) is 25.1 Å². The summed E-state index contributed by atoms with van der Waals surface area (Å²) in [6.07, 6.45) is 2.29. The van der Waals surface area contributed by atoms with E-state index in [1.807, 2.05) is 24.3 Å². The molecule has 0 fully saturated rings. The Balaban J connectivity index is 2.01. The Bertz CT molecular complexity index is 1250. The fourth-order valence-electron chi connectivity index (χ4n) is 3.27. The van der Waals surface area contributed by atoms with Crippen LogP contribution in [0.3, 0.4) is 0 Å². The number of carbonyl (C=O) groups is 2. The molecule has 6 heteroatoms. The molecular weight excluding hydrogens is 344 g/mol. The molecule has 0 saturated heterocycles. The molecular formula is C21H16N2O4. The summed E-state index contributed by atoms with van der Waals surface area (Å²) < 4.78 is 5.12. The van der Waals surface area contributed by atoms with Crippen molar-refractivity contribution < 1.29 is 14.3 Å². The lowest BCUT2D eigenvalue weighted by atomic mass is 9.99. The van der Waals surface area contributed by atoms with Crippen molar-refractivity contribution in [3.8, 4) is 11.1 Å². The Morgan fingerprint density at radius 3 is 2.74 bits per heavy atom. The van der Waals surface area contributed by atoms with Gasteiger partial charge in [-0.25, -0.2) is 4.79 Å². The van der Waals surface area contributed by atoms with E-state index < -0.39 is 5.97 Å². The lowest BCUT2D eigenvalue weighted by Crippen LogP contribution is -2.08. The number of rotatable bonds is 4. The van der Waals surface area contributed by atoms with Crippen molar-refractivity contribution >= 4 is 34.1 Å². The summed E-state index contributed by atoms with van der Waals surface area (Å²) in [5.41, 5.74) is 3.28. The number of benzene rings is 2. The van der Waals surface area contributed by atoms with E-state index in [9.17, 15) is 14.4 Å². The van der Waals surface area contributed by atoms with Gasteiger partial charge in [0.2, 0.25) is 0 Å². The van der Waals surface area contributed by atoms with E-state index in [1.165, 1.54) is 6.20 Å². The summed E-state index contributed by atoms with van der Waals surface area (Å²) in [5, 5.41) is 1.25. The number of hydrogen-bond donors (Lipinski definition) is 2. The number of ether oxygens (including phenoxy) is 1. The van der Waals surface area contributed by atoms with E-state index in [0.717, 1.165) is 22.8 Å². The maximum Gasteiger partial charge on any atom is 0.340 e. The Morgan fingerprint density at radius 2 is 1.96 bits per heavy atom. The van der Waals surface area contributed by atoms with Gasteiger partial charge in [0.25, 0.3) is 5.56 Å². The molecule has 0 atom stereocenters. The third-order valence-electron chi connectivity index (χ3n) is 4.50. The van der Waals surface area contributed by atoms with E-state index in [4.69, 9.17) is 4.74 Å². The Morgan fingerprint density at radius 1 is 1.15 bits per heavy atom. The molecule has 0 aliphatic carbocycles. The molecule has 0 unspecified atom stereocenters. The molecule has 6 nitrogen and oxygen atoms in total. The van der Waals surface area contributed by atoms with Crippen molar-refractivity contribution in [1.29, 1.82) is 0 Å². The van der Waals surface area contributed by atoms with Gasteiger partial charge in [-0.3, -0.25) is 9.59 Å². The van der Waals surface area contributed by atoms with Crippen molar-refractivity contribution in [1.82, 2.24) is 9.97 Å². The van der Waals surface area contributed by atoms with Gasteiger partial charge < -0.3 is 14.7 Å². The Kier molecular flexibility index (Phi) is 4.08. The highest BCUT2D eigenvalue weighted by molar-refractivity contribution is 6.15. The van der Waals surface area contributed by atoms with Gasteiger partial charge in [0.1, 0.15) is 11.8 Å².